The minimum Gasteiger partial charge on any atom is -0.478 e. The average Bonchev–Trinajstić information content (AvgIpc) is 2.56. The lowest BCUT2D eigenvalue weighted by atomic mass is 10.00. The van der Waals surface area contributed by atoms with Gasteiger partial charge >= 0.3 is 5.97 Å². The Hall–Kier alpha value is -2.52. The fourth-order valence-electron chi connectivity index (χ4n) is 2.54. The Kier molecular flexibility index (Phi) is 4.49. The first kappa shape index (κ1) is 15.4. The van der Waals surface area contributed by atoms with Crippen molar-refractivity contribution in [2.75, 3.05) is 0 Å². The lowest BCUT2D eigenvalue weighted by molar-refractivity contribution is -0.145. The van der Waals surface area contributed by atoms with Crippen LogP contribution in [0.4, 0.5) is 0 Å². The van der Waals surface area contributed by atoms with Gasteiger partial charge in [-0.2, -0.15) is 0 Å². The highest BCUT2D eigenvalue weighted by Gasteiger charge is 2.22. The van der Waals surface area contributed by atoms with Crippen molar-refractivity contribution in [3.8, 4) is 5.75 Å². The predicted octanol–water partition coefficient (Wildman–Crippen LogP) is 4.57. The number of hydrogen-bond acceptors (Lipinski definition) is 2. The molecule has 3 aromatic rings. The first-order valence-electron chi connectivity index (χ1n) is 7.26. The topological polar surface area (TPSA) is 46.5 Å². The molecule has 0 aliphatic heterocycles. The van der Waals surface area contributed by atoms with E-state index in [1.165, 1.54) is 0 Å². The van der Waals surface area contributed by atoms with Crippen LogP contribution in [0, 0.1) is 0 Å². The van der Waals surface area contributed by atoms with Gasteiger partial charge in [0.05, 0.1) is 5.02 Å². The van der Waals surface area contributed by atoms with Crippen LogP contribution in [0.25, 0.3) is 10.8 Å². The van der Waals surface area contributed by atoms with E-state index >= 15 is 0 Å². The molecular formula is C19H15ClO3. The lowest BCUT2D eigenvalue weighted by Gasteiger charge is -2.17. The van der Waals surface area contributed by atoms with Gasteiger partial charge in [-0.1, -0.05) is 66.2 Å². The molecule has 1 N–H and O–H groups in total. The van der Waals surface area contributed by atoms with Gasteiger partial charge in [-0.3, -0.25) is 0 Å². The molecule has 0 heterocycles. The van der Waals surface area contributed by atoms with Gasteiger partial charge in [0.25, 0.3) is 0 Å². The van der Waals surface area contributed by atoms with Gasteiger partial charge in [-0.05, 0) is 28.5 Å². The highest BCUT2D eigenvalue weighted by atomic mass is 35.5. The molecule has 23 heavy (non-hydrogen) atoms. The zero-order valence-electron chi connectivity index (χ0n) is 12.3. The summed E-state index contributed by atoms with van der Waals surface area (Å²) in [6, 6.07) is 20.6. The molecule has 0 aromatic heterocycles. The van der Waals surface area contributed by atoms with Crippen molar-refractivity contribution in [2.24, 2.45) is 0 Å². The van der Waals surface area contributed by atoms with Gasteiger partial charge in [-0.25, -0.2) is 4.79 Å². The second-order valence-electron chi connectivity index (χ2n) is 5.22. The van der Waals surface area contributed by atoms with Crippen molar-refractivity contribution in [3.63, 3.8) is 0 Å². The maximum absolute atomic E-state index is 11.6. The smallest absolute Gasteiger partial charge is 0.345 e. The summed E-state index contributed by atoms with van der Waals surface area (Å²) in [6.45, 7) is 0. The average molecular weight is 327 g/mol. The number of halogens is 1. The van der Waals surface area contributed by atoms with Crippen LogP contribution >= 0.6 is 11.6 Å². The largest absolute Gasteiger partial charge is 0.478 e. The summed E-state index contributed by atoms with van der Waals surface area (Å²) in [5.41, 5.74) is 0.933. The Bertz CT molecular complexity index is 839. The minimum absolute atomic E-state index is 0.266. The Labute approximate surface area is 139 Å². The summed E-state index contributed by atoms with van der Waals surface area (Å²) in [5, 5.41) is 12.0. The molecule has 0 fully saturated rings. The van der Waals surface area contributed by atoms with E-state index < -0.39 is 12.1 Å². The molecule has 0 radical (unpaired) electrons. The van der Waals surface area contributed by atoms with Crippen molar-refractivity contribution < 1.29 is 14.6 Å². The second kappa shape index (κ2) is 6.71. The number of para-hydroxylation sites is 1. The van der Waals surface area contributed by atoms with E-state index in [0.717, 1.165) is 16.3 Å². The summed E-state index contributed by atoms with van der Waals surface area (Å²) in [6.07, 6.45) is -0.734. The van der Waals surface area contributed by atoms with Gasteiger partial charge in [0.1, 0.15) is 5.75 Å². The standard InChI is InChI=1S/C19H15ClO3/c20-16-10-3-4-11-17(16)23-18(19(21)22)12-14-8-5-7-13-6-1-2-9-15(13)14/h1-11,18H,12H2,(H,21,22)/t18-/m1/s1. The summed E-state index contributed by atoms with van der Waals surface area (Å²) >= 11 is 6.05. The van der Waals surface area contributed by atoms with Crippen molar-refractivity contribution in [2.45, 2.75) is 12.5 Å². The summed E-state index contributed by atoms with van der Waals surface area (Å²) < 4.78 is 5.63. The van der Waals surface area contributed by atoms with Crippen LogP contribution < -0.4 is 4.74 Å². The van der Waals surface area contributed by atoms with Gasteiger partial charge in [0.2, 0.25) is 0 Å². The quantitative estimate of drug-likeness (QED) is 0.747. The first-order chi connectivity index (χ1) is 11.1. The van der Waals surface area contributed by atoms with Crippen LogP contribution in [0.15, 0.2) is 66.7 Å². The Morgan fingerprint density at radius 2 is 1.70 bits per heavy atom. The molecule has 0 unspecified atom stereocenters. The van der Waals surface area contributed by atoms with Crippen molar-refractivity contribution in [3.05, 3.63) is 77.3 Å². The molecule has 0 saturated heterocycles. The summed E-state index contributed by atoms with van der Waals surface area (Å²) in [7, 11) is 0. The van der Waals surface area contributed by atoms with Crippen LogP contribution in [0.5, 0.6) is 5.75 Å². The number of rotatable bonds is 5. The maximum atomic E-state index is 11.6. The van der Waals surface area contributed by atoms with Crippen molar-refractivity contribution >= 4 is 28.3 Å². The number of carboxylic acid groups (broad SMARTS) is 1. The third-order valence-corrected chi connectivity index (χ3v) is 3.98. The van der Waals surface area contributed by atoms with Crippen LogP contribution in [-0.2, 0) is 11.2 Å². The first-order valence-corrected chi connectivity index (χ1v) is 7.63. The van der Waals surface area contributed by atoms with Gasteiger partial charge in [0.15, 0.2) is 6.10 Å². The highest BCUT2D eigenvalue weighted by Crippen LogP contribution is 2.26. The number of ether oxygens (including phenoxy) is 1. The Morgan fingerprint density at radius 1 is 1.00 bits per heavy atom. The number of carbonyl (C=O) groups is 1. The zero-order chi connectivity index (χ0) is 16.2. The molecule has 0 aliphatic rings. The molecule has 3 nitrogen and oxygen atoms in total. The van der Waals surface area contributed by atoms with Crippen LogP contribution in [0.2, 0.25) is 5.02 Å². The molecule has 0 aliphatic carbocycles. The Balaban J connectivity index is 1.90. The molecule has 116 valence electrons. The molecule has 0 amide bonds. The van der Waals surface area contributed by atoms with E-state index in [0.29, 0.717) is 10.8 Å². The van der Waals surface area contributed by atoms with Gasteiger partial charge < -0.3 is 9.84 Å². The monoisotopic (exact) mass is 326 g/mol. The lowest BCUT2D eigenvalue weighted by Crippen LogP contribution is -2.29. The van der Waals surface area contributed by atoms with E-state index in [1.807, 2.05) is 42.5 Å². The van der Waals surface area contributed by atoms with Crippen LogP contribution in [-0.4, -0.2) is 17.2 Å². The van der Waals surface area contributed by atoms with Gasteiger partial charge in [-0.15, -0.1) is 0 Å². The molecule has 0 saturated carbocycles. The van der Waals surface area contributed by atoms with Crippen molar-refractivity contribution in [1.29, 1.82) is 0 Å². The number of fused-ring (bicyclic) bond motifs is 1. The highest BCUT2D eigenvalue weighted by molar-refractivity contribution is 6.32. The van der Waals surface area contributed by atoms with E-state index in [9.17, 15) is 9.90 Å². The maximum Gasteiger partial charge on any atom is 0.345 e. The fraction of sp³-hybridized carbons (Fsp3) is 0.105. The molecular weight excluding hydrogens is 312 g/mol. The minimum atomic E-state index is -1.02. The molecule has 3 rings (SSSR count). The normalized spacial score (nSPS) is 12.0. The summed E-state index contributed by atoms with van der Waals surface area (Å²) in [5.74, 6) is -0.639. The third kappa shape index (κ3) is 3.46. The molecule has 0 bridgehead atoms. The SMILES string of the molecule is O=C(O)[C@@H](Cc1cccc2ccccc12)Oc1ccccc1Cl. The van der Waals surface area contributed by atoms with E-state index in [2.05, 4.69) is 0 Å². The van der Waals surface area contributed by atoms with Crippen LogP contribution in [0.1, 0.15) is 5.56 Å². The number of benzene rings is 3. The number of hydrogen-bond donors (Lipinski definition) is 1. The molecule has 3 aromatic carbocycles. The Morgan fingerprint density at radius 3 is 2.48 bits per heavy atom. The molecule has 1 atom stereocenters. The van der Waals surface area contributed by atoms with Gasteiger partial charge in [0, 0.05) is 6.42 Å². The number of aliphatic carboxylic acids is 1. The predicted molar refractivity (Wildman–Crippen MR) is 91.2 cm³/mol. The van der Waals surface area contributed by atoms with E-state index in [1.54, 1.807) is 24.3 Å². The molecule has 0 spiro atoms. The van der Waals surface area contributed by atoms with E-state index in [-0.39, 0.29) is 6.42 Å². The fourth-order valence-corrected chi connectivity index (χ4v) is 2.72. The zero-order valence-corrected chi connectivity index (χ0v) is 13.0. The second-order valence-corrected chi connectivity index (χ2v) is 5.62. The van der Waals surface area contributed by atoms with Crippen LogP contribution in [0.3, 0.4) is 0 Å². The number of carboxylic acids is 1. The van der Waals surface area contributed by atoms with E-state index in [4.69, 9.17) is 16.3 Å². The molecule has 4 heteroatoms. The van der Waals surface area contributed by atoms with Crippen molar-refractivity contribution in [1.82, 2.24) is 0 Å². The summed E-state index contributed by atoms with van der Waals surface area (Å²) in [4.78, 5) is 11.6. The third-order valence-electron chi connectivity index (χ3n) is 3.67.